The summed E-state index contributed by atoms with van der Waals surface area (Å²) in [4.78, 5) is 41.7. The van der Waals surface area contributed by atoms with Crippen LogP contribution in [-0.2, 0) is 30.2 Å². The van der Waals surface area contributed by atoms with Crippen molar-refractivity contribution in [2.75, 3.05) is 26.9 Å². The Labute approximate surface area is 275 Å². The van der Waals surface area contributed by atoms with Gasteiger partial charge in [0, 0.05) is 41.3 Å². The summed E-state index contributed by atoms with van der Waals surface area (Å²) in [5.74, 6) is -2.22. The third-order valence-electron chi connectivity index (χ3n) is 7.74. The van der Waals surface area contributed by atoms with Crippen molar-refractivity contribution in [2.24, 2.45) is 5.41 Å². The van der Waals surface area contributed by atoms with Gasteiger partial charge in [-0.3, -0.25) is 15.1 Å². The summed E-state index contributed by atoms with van der Waals surface area (Å²) < 4.78 is 16.8. The summed E-state index contributed by atoms with van der Waals surface area (Å²) in [6, 6.07) is 18.3. The number of hydrogen-bond donors (Lipinski definition) is 1. The van der Waals surface area contributed by atoms with E-state index in [1.165, 1.54) is 30.9 Å². The van der Waals surface area contributed by atoms with Crippen LogP contribution in [0.4, 0.5) is 5.69 Å². The molecule has 3 aromatic rings. The van der Waals surface area contributed by atoms with Crippen molar-refractivity contribution in [1.29, 1.82) is 0 Å². The molecule has 246 valence electrons. The smallest absolute Gasteiger partial charge is 0.336 e. The Balaban J connectivity index is 1.38. The van der Waals surface area contributed by atoms with Gasteiger partial charge in [0.2, 0.25) is 0 Å². The number of pyridine rings is 1. The van der Waals surface area contributed by atoms with Gasteiger partial charge in [-0.25, -0.2) is 9.59 Å². The highest BCUT2D eigenvalue weighted by atomic mass is 16.6. The fourth-order valence-corrected chi connectivity index (χ4v) is 5.46. The second-order valence-corrected chi connectivity index (χ2v) is 12.5. The highest BCUT2D eigenvalue weighted by Crippen LogP contribution is 2.40. The number of aromatic nitrogens is 1. The molecule has 10 nitrogen and oxygen atoms in total. The van der Waals surface area contributed by atoms with Crippen molar-refractivity contribution in [3.05, 3.63) is 134 Å². The Kier molecular flexibility index (Phi) is 11.4. The number of nitro benzene ring substituents is 1. The van der Waals surface area contributed by atoms with Gasteiger partial charge in [-0.2, -0.15) is 0 Å². The van der Waals surface area contributed by atoms with Crippen LogP contribution in [0.25, 0.3) is 6.08 Å². The van der Waals surface area contributed by atoms with Crippen LogP contribution in [0, 0.1) is 15.5 Å². The minimum atomic E-state index is -0.923. The molecular formula is C37H41N3O7. The summed E-state index contributed by atoms with van der Waals surface area (Å²) in [5, 5.41) is 14.6. The molecule has 2 aromatic carbocycles. The number of non-ortho nitro benzene ring substituents is 1. The second-order valence-electron chi connectivity index (χ2n) is 12.5. The Morgan fingerprint density at radius 2 is 1.68 bits per heavy atom. The first-order valence-corrected chi connectivity index (χ1v) is 15.3. The Morgan fingerprint density at radius 1 is 0.979 bits per heavy atom. The van der Waals surface area contributed by atoms with Crippen molar-refractivity contribution in [2.45, 2.75) is 47.0 Å². The van der Waals surface area contributed by atoms with E-state index in [0.29, 0.717) is 30.2 Å². The standard InChI is InChI=1S/C37H41N3O7/c1-24(17-27-12-14-28(15-13-27)18-29-9-8-16-38-20-29)21-46-22-37(4,5)23-47-36(42)33-26(3)39-25(2)32(35(41)45-6)34(33)30-10-7-11-31(19-30)40(43)44/h7-17,19-20,34,39H,18,21-23H2,1-6H3/b24-17+. The molecule has 1 unspecified atom stereocenters. The number of methoxy groups -OCH3 is 1. The van der Waals surface area contributed by atoms with Gasteiger partial charge in [0.1, 0.15) is 0 Å². The zero-order chi connectivity index (χ0) is 34.1. The highest BCUT2D eigenvalue weighted by Gasteiger charge is 2.39. The molecule has 2 heterocycles. The summed E-state index contributed by atoms with van der Waals surface area (Å²) in [5.41, 5.74) is 5.54. The molecule has 0 amide bonds. The molecule has 0 fully saturated rings. The number of rotatable bonds is 13. The van der Waals surface area contributed by atoms with E-state index >= 15 is 0 Å². The van der Waals surface area contributed by atoms with Crippen molar-refractivity contribution in [3.63, 3.8) is 0 Å². The van der Waals surface area contributed by atoms with Gasteiger partial charge in [0.25, 0.3) is 5.69 Å². The molecule has 0 saturated carbocycles. The summed E-state index contributed by atoms with van der Waals surface area (Å²) >= 11 is 0. The van der Waals surface area contributed by atoms with Gasteiger partial charge in [-0.15, -0.1) is 0 Å². The predicted octanol–water partition coefficient (Wildman–Crippen LogP) is 6.68. The zero-order valence-electron chi connectivity index (χ0n) is 27.7. The number of nitrogens with zero attached hydrogens (tertiary/aromatic N) is 2. The van der Waals surface area contributed by atoms with Crippen molar-refractivity contribution in [3.8, 4) is 0 Å². The molecule has 0 aliphatic carbocycles. The van der Waals surface area contributed by atoms with Gasteiger partial charge < -0.3 is 19.5 Å². The Bertz CT molecular complexity index is 1710. The maximum absolute atomic E-state index is 13.7. The van der Waals surface area contributed by atoms with E-state index in [1.54, 1.807) is 26.1 Å². The quantitative estimate of drug-likeness (QED) is 0.124. The second kappa shape index (κ2) is 15.5. The Hall–Kier alpha value is -5.09. The lowest BCUT2D eigenvalue weighted by Crippen LogP contribution is -2.34. The van der Waals surface area contributed by atoms with E-state index in [9.17, 15) is 19.7 Å². The van der Waals surface area contributed by atoms with Gasteiger partial charge in [-0.1, -0.05) is 62.4 Å². The van der Waals surface area contributed by atoms with E-state index in [0.717, 1.165) is 23.1 Å². The minimum Gasteiger partial charge on any atom is -0.466 e. The molecule has 0 bridgehead atoms. The molecule has 1 aromatic heterocycles. The third kappa shape index (κ3) is 9.23. The molecule has 1 atom stereocenters. The molecule has 1 aliphatic rings. The molecule has 0 spiro atoms. The summed E-state index contributed by atoms with van der Waals surface area (Å²) in [7, 11) is 1.25. The average Bonchev–Trinajstić information content (AvgIpc) is 3.04. The molecular weight excluding hydrogens is 598 g/mol. The van der Waals surface area contributed by atoms with Crippen LogP contribution in [0.1, 0.15) is 62.8 Å². The van der Waals surface area contributed by atoms with Gasteiger partial charge in [0.05, 0.1) is 48.9 Å². The number of hydrogen-bond acceptors (Lipinski definition) is 9. The first kappa shape index (κ1) is 34.8. The molecule has 0 saturated heterocycles. The van der Waals surface area contributed by atoms with Crippen molar-refractivity contribution < 1.29 is 28.7 Å². The molecule has 10 heteroatoms. The number of carbonyl (C=O) groups excluding carboxylic acids is 2. The lowest BCUT2D eigenvalue weighted by atomic mass is 9.80. The highest BCUT2D eigenvalue weighted by molar-refractivity contribution is 5.99. The van der Waals surface area contributed by atoms with Crippen LogP contribution in [0.15, 0.2) is 101 Å². The number of dihydropyridines is 1. The monoisotopic (exact) mass is 639 g/mol. The van der Waals surface area contributed by atoms with Crippen molar-refractivity contribution >= 4 is 23.7 Å². The maximum Gasteiger partial charge on any atom is 0.336 e. The first-order chi connectivity index (χ1) is 22.4. The van der Waals surface area contributed by atoms with Gasteiger partial charge in [-0.05, 0) is 61.1 Å². The third-order valence-corrected chi connectivity index (χ3v) is 7.74. The van der Waals surface area contributed by atoms with Crippen LogP contribution in [0.3, 0.4) is 0 Å². The van der Waals surface area contributed by atoms with Gasteiger partial charge >= 0.3 is 11.9 Å². The molecule has 1 aliphatic heterocycles. The molecule has 4 rings (SSSR count). The van der Waals surface area contributed by atoms with Crippen LogP contribution in [0.2, 0.25) is 0 Å². The lowest BCUT2D eigenvalue weighted by molar-refractivity contribution is -0.384. The number of allylic oxidation sites excluding steroid dienone is 2. The van der Waals surface area contributed by atoms with Gasteiger partial charge in [0.15, 0.2) is 0 Å². The first-order valence-electron chi connectivity index (χ1n) is 15.3. The number of carbonyl (C=O) groups is 2. The van der Waals surface area contributed by atoms with Crippen LogP contribution < -0.4 is 5.32 Å². The number of esters is 2. The van der Waals surface area contributed by atoms with E-state index in [4.69, 9.17) is 14.2 Å². The van der Waals surface area contributed by atoms with E-state index in [-0.39, 0.29) is 23.4 Å². The van der Waals surface area contributed by atoms with E-state index in [1.807, 2.05) is 33.0 Å². The maximum atomic E-state index is 13.7. The number of ether oxygens (including phenoxy) is 3. The summed E-state index contributed by atoms with van der Waals surface area (Å²) in [6.45, 7) is 10.0. The van der Waals surface area contributed by atoms with Crippen LogP contribution >= 0.6 is 0 Å². The molecule has 47 heavy (non-hydrogen) atoms. The number of nitrogens with one attached hydrogen (secondary N) is 1. The Morgan fingerprint density at radius 3 is 2.32 bits per heavy atom. The minimum absolute atomic E-state index is 0.0433. The largest absolute Gasteiger partial charge is 0.466 e. The lowest BCUT2D eigenvalue weighted by Gasteiger charge is -2.31. The number of nitro groups is 1. The molecule has 1 N–H and O–H groups in total. The number of benzene rings is 2. The van der Waals surface area contributed by atoms with Crippen LogP contribution in [0.5, 0.6) is 0 Å². The van der Waals surface area contributed by atoms with Crippen LogP contribution in [-0.4, -0.2) is 48.8 Å². The van der Waals surface area contributed by atoms with E-state index < -0.39 is 28.2 Å². The predicted molar refractivity (Wildman–Crippen MR) is 179 cm³/mol. The van der Waals surface area contributed by atoms with E-state index in [2.05, 4.69) is 46.7 Å². The zero-order valence-corrected chi connectivity index (χ0v) is 27.7. The topological polar surface area (TPSA) is 130 Å². The average molecular weight is 640 g/mol. The SMILES string of the molecule is COC(=O)C1=C(C)NC(C)=C(C(=O)OCC(C)(C)COC/C(C)=C/c2ccc(Cc3cccnc3)cc2)C1c1cccc([N+](=O)[O-])c1. The van der Waals surface area contributed by atoms with Crippen molar-refractivity contribution in [1.82, 2.24) is 10.3 Å². The molecule has 0 radical (unpaired) electrons. The summed E-state index contributed by atoms with van der Waals surface area (Å²) in [6.07, 6.45) is 6.55. The fourth-order valence-electron chi connectivity index (χ4n) is 5.46. The fraction of sp³-hybridized carbons (Fsp3) is 0.324. The normalized spacial score (nSPS) is 15.3.